The van der Waals surface area contributed by atoms with E-state index in [2.05, 4.69) is 10.2 Å². The van der Waals surface area contributed by atoms with Gasteiger partial charge in [0.25, 0.3) is 5.91 Å². The average Bonchev–Trinajstić information content (AvgIpc) is 2.95. The zero-order chi connectivity index (χ0) is 14.8. The molecule has 2 saturated heterocycles. The number of benzene rings is 1. The fourth-order valence-corrected chi connectivity index (χ4v) is 3.56. The summed E-state index contributed by atoms with van der Waals surface area (Å²) in [7, 11) is 0. The number of hydrogen-bond donors (Lipinski definition) is 2. The Balaban J connectivity index is 1.63. The Bertz CT molecular complexity index is 560. The van der Waals surface area contributed by atoms with Crippen molar-refractivity contribution >= 4 is 23.1 Å². The molecule has 1 aromatic carbocycles. The maximum Gasteiger partial charge on any atom is 0.251 e. The largest absolute Gasteiger partial charge is 0.389 e. The van der Waals surface area contributed by atoms with Crippen molar-refractivity contribution in [2.24, 2.45) is 5.73 Å². The summed E-state index contributed by atoms with van der Waals surface area (Å²) in [5.74, 6) is -0.0236. The normalized spacial score (nSPS) is 25.3. The number of thiocarbonyl (C=S) groups is 1. The van der Waals surface area contributed by atoms with Gasteiger partial charge in [-0.15, -0.1) is 0 Å². The second-order valence-electron chi connectivity index (χ2n) is 5.97. The Morgan fingerprint density at radius 1 is 1.29 bits per heavy atom. The van der Waals surface area contributed by atoms with Crippen LogP contribution in [0.5, 0.6) is 0 Å². The van der Waals surface area contributed by atoms with Crippen LogP contribution in [-0.4, -0.2) is 41.0 Å². The van der Waals surface area contributed by atoms with Gasteiger partial charge in [-0.2, -0.15) is 0 Å². The highest BCUT2D eigenvalue weighted by molar-refractivity contribution is 7.80. The lowest BCUT2D eigenvalue weighted by atomic mass is 9.97. The maximum atomic E-state index is 12.4. The highest BCUT2D eigenvalue weighted by Gasteiger charge is 2.32. The predicted octanol–water partition coefficient (Wildman–Crippen LogP) is 1.68. The molecule has 0 aliphatic carbocycles. The summed E-state index contributed by atoms with van der Waals surface area (Å²) in [4.78, 5) is 15.2. The molecule has 1 aromatic rings. The Hall–Kier alpha value is -1.46. The highest BCUT2D eigenvalue weighted by Crippen LogP contribution is 2.26. The predicted molar refractivity (Wildman–Crippen MR) is 87.4 cm³/mol. The highest BCUT2D eigenvalue weighted by atomic mass is 32.1. The molecule has 0 aromatic heterocycles. The lowest BCUT2D eigenvalue weighted by molar-refractivity contribution is 0.0896. The minimum Gasteiger partial charge on any atom is -0.389 e. The van der Waals surface area contributed by atoms with Gasteiger partial charge in [-0.05, 0) is 44.4 Å². The van der Waals surface area contributed by atoms with E-state index in [1.54, 1.807) is 6.07 Å². The van der Waals surface area contributed by atoms with Crippen LogP contribution in [-0.2, 0) is 0 Å². The number of nitrogens with one attached hydrogen (secondary N) is 1. The third-order valence-electron chi connectivity index (χ3n) is 4.56. The van der Waals surface area contributed by atoms with E-state index in [4.69, 9.17) is 18.0 Å². The van der Waals surface area contributed by atoms with Gasteiger partial charge >= 0.3 is 0 Å². The standard InChI is InChI=1S/C16H21N3OS/c17-15(21)11-3-1-4-12(9-11)16(20)18-13-6-8-19-7-2-5-14(19)10-13/h1,3-4,9,13-14H,2,5-8,10H2,(H2,17,21)(H,18,20). The van der Waals surface area contributed by atoms with Crippen LogP contribution in [0, 0.1) is 0 Å². The van der Waals surface area contributed by atoms with E-state index in [0.717, 1.165) is 24.9 Å². The van der Waals surface area contributed by atoms with Gasteiger partial charge in [0.2, 0.25) is 0 Å². The molecule has 3 rings (SSSR count). The SMILES string of the molecule is NC(=S)c1cccc(C(=O)NC2CCN3CCCC3C2)c1. The first kappa shape index (κ1) is 14.5. The van der Waals surface area contributed by atoms with Crippen LogP contribution < -0.4 is 11.1 Å². The third kappa shape index (κ3) is 3.24. The van der Waals surface area contributed by atoms with Crippen molar-refractivity contribution in [2.45, 2.75) is 37.8 Å². The van der Waals surface area contributed by atoms with Crippen LogP contribution in [0.3, 0.4) is 0 Å². The van der Waals surface area contributed by atoms with Crippen LogP contribution in [0.4, 0.5) is 0 Å². The van der Waals surface area contributed by atoms with Gasteiger partial charge in [-0.1, -0.05) is 24.4 Å². The van der Waals surface area contributed by atoms with Gasteiger partial charge in [0, 0.05) is 29.8 Å². The molecule has 112 valence electrons. The molecule has 0 radical (unpaired) electrons. The monoisotopic (exact) mass is 303 g/mol. The molecular weight excluding hydrogens is 282 g/mol. The van der Waals surface area contributed by atoms with Crippen LogP contribution >= 0.6 is 12.2 Å². The molecule has 0 bridgehead atoms. The van der Waals surface area contributed by atoms with Gasteiger partial charge in [0.05, 0.1) is 0 Å². The number of fused-ring (bicyclic) bond motifs is 1. The molecule has 2 aliphatic rings. The van der Waals surface area contributed by atoms with Crippen LogP contribution in [0.15, 0.2) is 24.3 Å². The molecule has 2 aliphatic heterocycles. The Morgan fingerprint density at radius 2 is 2.10 bits per heavy atom. The summed E-state index contributed by atoms with van der Waals surface area (Å²) in [6.45, 7) is 2.32. The van der Waals surface area contributed by atoms with Crippen molar-refractivity contribution in [1.82, 2.24) is 10.2 Å². The molecule has 0 spiro atoms. The summed E-state index contributed by atoms with van der Waals surface area (Å²) >= 11 is 4.96. The molecule has 2 heterocycles. The van der Waals surface area contributed by atoms with E-state index in [0.29, 0.717) is 16.6 Å². The average molecular weight is 303 g/mol. The first-order chi connectivity index (χ1) is 10.1. The summed E-state index contributed by atoms with van der Waals surface area (Å²) in [6, 6.07) is 8.17. The number of nitrogens with zero attached hydrogens (tertiary/aromatic N) is 1. The lowest BCUT2D eigenvalue weighted by Gasteiger charge is -2.35. The van der Waals surface area contributed by atoms with Gasteiger partial charge in [-0.3, -0.25) is 4.79 Å². The summed E-state index contributed by atoms with van der Waals surface area (Å²) in [5, 5.41) is 3.16. The van der Waals surface area contributed by atoms with Crippen molar-refractivity contribution < 1.29 is 4.79 Å². The second-order valence-corrected chi connectivity index (χ2v) is 6.41. The topological polar surface area (TPSA) is 58.4 Å². The van der Waals surface area contributed by atoms with Crippen molar-refractivity contribution in [3.8, 4) is 0 Å². The van der Waals surface area contributed by atoms with Gasteiger partial charge in [0.15, 0.2) is 0 Å². The van der Waals surface area contributed by atoms with Crippen LogP contribution in [0.1, 0.15) is 41.6 Å². The number of rotatable bonds is 3. The summed E-state index contributed by atoms with van der Waals surface area (Å²) < 4.78 is 0. The van der Waals surface area contributed by atoms with E-state index >= 15 is 0 Å². The zero-order valence-electron chi connectivity index (χ0n) is 12.0. The third-order valence-corrected chi connectivity index (χ3v) is 4.80. The Kier molecular flexibility index (Phi) is 4.22. The van der Waals surface area contributed by atoms with Crippen molar-refractivity contribution in [3.63, 3.8) is 0 Å². The minimum atomic E-state index is -0.0236. The number of carbonyl (C=O) groups is 1. The molecule has 2 atom stereocenters. The van der Waals surface area contributed by atoms with Crippen LogP contribution in [0.25, 0.3) is 0 Å². The second kappa shape index (κ2) is 6.12. The molecule has 2 unspecified atom stereocenters. The number of carbonyl (C=O) groups excluding carboxylic acids is 1. The quantitative estimate of drug-likeness (QED) is 0.834. The lowest BCUT2D eigenvalue weighted by Crippen LogP contribution is -2.47. The summed E-state index contributed by atoms with van der Waals surface area (Å²) in [6.07, 6.45) is 4.67. The number of hydrogen-bond acceptors (Lipinski definition) is 3. The summed E-state index contributed by atoms with van der Waals surface area (Å²) in [5.41, 5.74) is 6.99. The number of piperidine rings is 1. The molecule has 2 fully saturated rings. The Morgan fingerprint density at radius 3 is 2.90 bits per heavy atom. The molecule has 1 amide bonds. The Labute approximate surface area is 130 Å². The van der Waals surface area contributed by atoms with E-state index < -0.39 is 0 Å². The van der Waals surface area contributed by atoms with Gasteiger partial charge in [-0.25, -0.2) is 0 Å². The molecule has 0 saturated carbocycles. The number of amides is 1. The van der Waals surface area contributed by atoms with Crippen molar-refractivity contribution in [2.75, 3.05) is 13.1 Å². The molecular formula is C16H21N3OS. The first-order valence-corrected chi connectivity index (χ1v) is 7.99. The molecule has 5 heteroatoms. The molecule has 21 heavy (non-hydrogen) atoms. The zero-order valence-corrected chi connectivity index (χ0v) is 12.9. The van der Waals surface area contributed by atoms with E-state index in [9.17, 15) is 4.79 Å². The van der Waals surface area contributed by atoms with Crippen molar-refractivity contribution in [3.05, 3.63) is 35.4 Å². The number of nitrogens with two attached hydrogens (primary N) is 1. The van der Waals surface area contributed by atoms with E-state index in [1.165, 1.54) is 19.4 Å². The first-order valence-electron chi connectivity index (χ1n) is 7.58. The molecule has 4 nitrogen and oxygen atoms in total. The van der Waals surface area contributed by atoms with E-state index in [1.807, 2.05) is 18.2 Å². The van der Waals surface area contributed by atoms with E-state index in [-0.39, 0.29) is 11.9 Å². The fourth-order valence-electron chi connectivity index (χ4n) is 3.44. The van der Waals surface area contributed by atoms with Gasteiger partial charge < -0.3 is 16.0 Å². The van der Waals surface area contributed by atoms with Gasteiger partial charge in [0.1, 0.15) is 4.99 Å². The van der Waals surface area contributed by atoms with Crippen molar-refractivity contribution in [1.29, 1.82) is 0 Å². The smallest absolute Gasteiger partial charge is 0.251 e. The minimum absolute atomic E-state index is 0.0236. The maximum absolute atomic E-state index is 12.4. The molecule has 3 N–H and O–H groups in total. The fraction of sp³-hybridized carbons (Fsp3) is 0.500. The van der Waals surface area contributed by atoms with Crippen LogP contribution in [0.2, 0.25) is 0 Å².